The molecule has 0 aromatic heterocycles. The van der Waals surface area contributed by atoms with Gasteiger partial charge in [-0.1, -0.05) is 24.3 Å². The van der Waals surface area contributed by atoms with Crippen LogP contribution < -0.4 is 10.6 Å². The van der Waals surface area contributed by atoms with Gasteiger partial charge in [0, 0.05) is 43.6 Å². The first kappa shape index (κ1) is 27.7. The molecule has 9 heteroatoms. The van der Waals surface area contributed by atoms with Crippen LogP contribution in [0.25, 0.3) is 0 Å². The summed E-state index contributed by atoms with van der Waals surface area (Å²) in [4.78, 5) is 40.4. The summed E-state index contributed by atoms with van der Waals surface area (Å²) in [5.74, 6) is -1.36. The minimum absolute atomic E-state index is 0.00595. The number of likely N-dealkylation sites (tertiary alicyclic amines) is 1. The second-order valence-electron chi connectivity index (χ2n) is 9.87. The van der Waals surface area contributed by atoms with Crippen molar-refractivity contribution in [1.29, 1.82) is 0 Å². The first-order valence-corrected chi connectivity index (χ1v) is 14.8. The fraction of sp³-hybridized carbons (Fsp3) is 0.444. The van der Waals surface area contributed by atoms with Crippen molar-refractivity contribution < 1.29 is 23.5 Å². The third kappa shape index (κ3) is 7.07. The van der Waals surface area contributed by atoms with Crippen molar-refractivity contribution in [2.24, 2.45) is 5.92 Å². The van der Waals surface area contributed by atoms with Gasteiger partial charge in [-0.15, -0.1) is 0 Å². The van der Waals surface area contributed by atoms with Gasteiger partial charge in [0.25, 0.3) is 5.91 Å². The fourth-order valence-corrected chi connectivity index (χ4v) is 5.40. The Balaban J connectivity index is 1.80. The van der Waals surface area contributed by atoms with Gasteiger partial charge in [0.2, 0.25) is 11.8 Å². The van der Waals surface area contributed by atoms with Gasteiger partial charge in [-0.2, -0.15) is 0 Å². The highest BCUT2D eigenvalue weighted by Gasteiger charge is 2.30. The third-order valence-corrected chi connectivity index (χ3v) is 7.99. The maximum absolute atomic E-state index is 14.7. The van der Waals surface area contributed by atoms with Crippen LogP contribution >= 0.6 is 10.0 Å². The number of halogens is 1. The number of benzene rings is 2. The summed E-state index contributed by atoms with van der Waals surface area (Å²) >= 11 is 0. The molecule has 2 aromatic rings. The predicted molar refractivity (Wildman–Crippen MR) is 142 cm³/mol. The Labute approximate surface area is 214 Å². The molecule has 1 aliphatic heterocycles. The Morgan fingerprint density at radius 2 is 1.72 bits per heavy atom. The van der Waals surface area contributed by atoms with Crippen molar-refractivity contribution in [3.63, 3.8) is 0 Å². The van der Waals surface area contributed by atoms with Gasteiger partial charge in [-0.3, -0.25) is 14.4 Å². The molecule has 0 aliphatic carbocycles. The topological polar surface area (TPSA) is 87.7 Å². The number of rotatable bonds is 8. The van der Waals surface area contributed by atoms with Crippen molar-refractivity contribution in [3.8, 4) is 0 Å². The van der Waals surface area contributed by atoms with Gasteiger partial charge in [-0.25, -0.2) is 14.4 Å². The molecule has 1 aliphatic rings. The smallest absolute Gasteiger partial charge is 0.251 e. The van der Waals surface area contributed by atoms with Gasteiger partial charge in [0.1, 0.15) is 11.9 Å². The average Bonchev–Trinajstić information content (AvgIpc) is 2.82. The molecule has 0 unspecified atom stereocenters. The maximum Gasteiger partial charge on any atom is 0.251 e. The zero-order chi connectivity index (χ0) is 26.5. The van der Waals surface area contributed by atoms with Gasteiger partial charge >= 0.3 is 0 Å². The number of carbonyl (C=O) groups excluding carboxylic acids is 3. The third-order valence-electron chi connectivity index (χ3n) is 6.34. The first-order valence-electron chi connectivity index (χ1n) is 11.9. The molecular formula is C27H36FN3O4S. The summed E-state index contributed by atoms with van der Waals surface area (Å²) in [7, 11) is 0.340. The molecule has 0 saturated carbocycles. The Kier molecular flexibility index (Phi) is 9.13. The van der Waals surface area contributed by atoms with Crippen LogP contribution in [-0.4, -0.2) is 61.6 Å². The lowest BCUT2D eigenvalue weighted by molar-refractivity contribution is -0.134. The Bertz CT molecular complexity index is 1090. The van der Waals surface area contributed by atoms with E-state index in [1.165, 1.54) is 13.0 Å². The summed E-state index contributed by atoms with van der Waals surface area (Å²) in [6.07, 6.45) is 7.08. The largest absolute Gasteiger partial charge is 0.380 e. The summed E-state index contributed by atoms with van der Waals surface area (Å²) in [5.41, 5.74) is 1.87. The maximum atomic E-state index is 14.7. The molecule has 1 fully saturated rings. The quantitative estimate of drug-likeness (QED) is 0.552. The summed E-state index contributed by atoms with van der Waals surface area (Å²) < 4.78 is 19.9. The Morgan fingerprint density at radius 3 is 2.25 bits per heavy atom. The molecule has 2 N–H and O–H groups in total. The molecule has 1 atom stereocenters. The minimum atomic E-state index is -1.26. The highest BCUT2D eigenvalue weighted by atomic mass is 32.3. The van der Waals surface area contributed by atoms with Crippen LogP contribution in [0.3, 0.4) is 0 Å². The second kappa shape index (κ2) is 11.9. The van der Waals surface area contributed by atoms with E-state index in [0.29, 0.717) is 48.7 Å². The molecule has 3 amide bonds. The minimum Gasteiger partial charge on any atom is -0.380 e. The molecule has 2 aromatic carbocycles. The highest BCUT2D eigenvalue weighted by Crippen LogP contribution is 2.46. The van der Waals surface area contributed by atoms with Crippen LogP contribution in [0, 0.1) is 11.7 Å². The van der Waals surface area contributed by atoms with E-state index in [1.807, 2.05) is 30.9 Å². The van der Waals surface area contributed by atoms with E-state index in [2.05, 4.69) is 10.6 Å². The lowest BCUT2D eigenvalue weighted by Gasteiger charge is -2.31. The molecule has 0 spiro atoms. The molecule has 0 radical (unpaired) electrons. The Morgan fingerprint density at radius 1 is 1.08 bits per heavy atom. The van der Waals surface area contributed by atoms with Crippen LogP contribution in [-0.2, 0) is 25.7 Å². The first-order chi connectivity index (χ1) is 17.0. The van der Waals surface area contributed by atoms with Gasteiger partial charge in [0.15, 0.2) is 0 Å². The normalized spacial score (nSPS) is 15.8. The van der Waals surface area contributed by atoms with Crippen molar-refractivity contribution in [3.05, 3.63) is 59.4 Å². The number of methoxy groups -OCH3 is 1. The fourth-order valence-electron chi connectivity index (χ4n) is 4.28. The molecule has 36 heavy (non-hydrogen) atoms. The number of amides is 3. The van der Waals surface area contributed by atoms with E-state index >= 15 is 0 Å². The summed E-state index contributed by atoms with van der Waals surface area (Å²) in [6, 6.07) is 11.0. The molecular weight excluding hydrogens is 481 g/mol. The van der Waals surface area contributed by atoms with E-state index in [0.717, 1.165) is 5.56 Å². The zero-order valence-corrected chi connectivity index (χ0v) is 22.4. The SMILES string of the molecule is COCc1ccc([C@@H](NC(=O)C2CCN(C(C)=O)CC2)C(=O)Nc2ccc(S(C)(C)C)c(F)c2)cc1. The van der Waals surface area contributed by atoms with Crippen LogP contribution in [0.1, 0.15) is 36.9 Å². The van der Waals surface area contributed by atoms with Crippen LogP contribution in [0.5, 0.6) is 0 Å². The highest BCUT2D eigenvalue weighted by molar-refractivity contribution is 8.32. The number of nitrogens with zero attached hydrogens (tertiary/aromatic N) is 1. The average molecular weight is 518 g/mol. The van der Waals surface area contributed by atoms with Crippen LogP contribution in [0.4, 0.5) is 10.1 Å². The number of piperidine rings is 1. The number of hydrogen-bond acceptors (Lipinski definition) is 4. The number of anilines is 1. The summed E-state index contributed by atoms with van der Waals surface area (Å²) in [6.45, 7) is 2.97. The van der Waals surface area contributed by atoms with Crippen LogP contribution in [0.2, 0.25) is 0 Å². The lowest BCUT2D eigenvalue weighted by atomic mass is 9.94. The van der Waals surface area contributed by atoms with E-state index in [1.54, 1.807) is 36.3 Å². The van der Waals surface area contributed by atoms with Gasteiger partial charge in [-0.05, 0) is 60.9 Å². The predicted octanol–water partition coefficient (Wildman–Crippen LogP) is 4.08. The lowest BCUT2D eigenvalue weighted by Crippen LogP contribution is -2.45. The van der Waals surface area contributed by atoms with Gasteiger partial charge in [0.05, 0.1) is 6.61 Å². The molecule has 1 heterocycles. The monoisotopic (exact) mass is 517 g/mol. The molecule has 1 saturated heterocycles. The van der Waals surface area contributed by atoms with E-state index < -0.39 is 22.0 Å². The van der Waals surface area contributed by atoms with Crippen molar-refractivity contribution >= 4 is 33.4 Å². The van der Waals surface area contributed by atoms with Crippen molar-refractivity contribution in [1.82, 2.24) is 10.2 Å². The molecule has 3 rings (SSSR count). The molecule has 196 valence electrons. The standard InChI is InChI=1S/C27H36FN3O4S/c1-18(32)31-14-12-21(13-15-31)26(33)30-25(20-8-6-19(7-9-20)17-35-2)27(34)29-22-10-11-24(23(28)16-22)36(3,4)5/h6-11,16,21,25H,12-15,17H2,1-5H3,(H,29,34)(H,30,33)/t25-/m1/s1. The number of nitrogens with one attached hydrogen (secondary N) is 2. The van der Waals surface area contributed by atoms with Crippen LogP contribution in [0.15, 0.2) is 47.4 Å². The van der Waals surface area contributed by atoms with Gasteiger partial charge < -0.3 is 20.3 Å². The van der Waals surface area contributed by atoms with E-state index in [4.69, 9.17) is 4.74 Å². The van der Waals surface area contributed by atoms with E-state index in [-0.39, 0.29) is 23.5 Å². The summed E-state index contributed by atoms with van der Waals surface area (Å²) in [5, 5.41) is 5.66. The molecule has 7 nitrogen and oxygen atoms in total. The second-order valence-corrected chi connectivity index (χ2v) is 14.0. The zero-order valence-electron chi connectivity index (χ0n) is 21.6. The number of ether oxygens (including phenoxy) is 1. The van der Waals surface area contributed by atoms with Crippen molar-refractivity contribution in [2.45, 2.75) is 37.3 Å². The van der Waals surface area contributed by atoms with Crippen molar-refractivity contribution in [2.75, 3.05) is 44.3 Å². The van der Waals surface area contributed by atoms with E-state index in [9.17, 15) is 18.8 Å². The molecule has 0 bridgehead atoms. The number of carbonyl (C=O) groups is 3. The number of hydrogen-bond donors (Lipinski definition) is 2. The Hall–Kier alpha value is -2.91.